The van der Waals surface area contributed by atoms with Crippen LogP contribution in [0.5, 0.6) is 0 Å². The average Bonchev–Trinajstić information content (AvgIpc) is 3.54. The van der Waals surface area contributed by atoms with Gasteiger partial charge in [0.2, 0.25) is 5.95 Å². The lowest BCUT2D eigenvalue weighted by Gasteiger charge is -2.29. The summed E-state index contributed by atoms with van der Waals surface area (Å²) in [6.45, 7) is 7.56. The number of piperidine rings is 1. The lowest BCUT2D eigenvalue weighted by atomic mass is 10.1. The molecular formula is C26H32N8OS. The van der Waals surface area contributed by atoms with E-state index in [0.29, 0.717) is 17.8 Å². The number of benzene rings is 1. The van der Waals surface area contributed by atoms with E-state index < -0.39 is 0 Å². The van der Waals surface area contributed by atoms with Crippen LogP contribution in [0, 0.1) is 6.92 Å². The minimum Gasteiger partial charge on any atom is -0.378 e. The summed E-state index contributed by atoms with van der Waals surface area (Å²) in [4.78, 5) is 19.5. The number of hydrogen-bond acceptors (Lipinski definition) is 9. The topological polar surface area (TPSA) is 83.4 Å². The number of aromatic nitrogens is 4. The number of rotatable bonds is 6. The van der Waals surface area contributed by atoms with Gasteiger partial charge in [-0.1, -0.05) is 0 Å². The van der Waals surface area contributed by atoms with E-state index in [4.69, 9.17) is 19.7 Å². The molecular weight excluding hydrogens is 472 g/mol. The van der Waals surface area contributed by atoms with Crippen LogP contribution in [0.2, 0.25) is 0 Å². The van der Waals surface area contributed by atoms with Crippen molar-refractivity contribution < 1.29 is 4.74 Å². The first-order valence-electron chi connectivity index (χ1n) is 12.6. The zero-order valence-electron chi connectivity index (χ0n) is 20.8. The largest absolute Gasteiger partial charge is 0.378 e. The average molecular weight is 505 g/mol. The molecule has 0 bridgehead atoms. The second-order valence-corrected chi connectivity index (χ2v) is 10.3. The summed E-state index contributed by atoms with van der Waals surface area (Å²) in [6.07, 6.45) is 2.15. The fourth-order valence-corrected chi connectivity index (χ4v) is 5.58. The van der Waals surface area contributed by atoms with Crippen molar-refractivity contribution in [1.29, 1.82) is 0 Å². The van der Waals surface area contributed by atoms with Gasteiger partial charge in [-0.25, -0.2) is 4.98 Å². The molecule has 9 nitrogen and oxygen atoms in total. The van der Waals surface area contributed by atoms with Gasteiger partial charge in [0.25, 0.3) is 0 Å². The molecule has 2 N–H and O–H groups in total. The number of likely N-dealkylation sites (tertiary alicyclic amines) is 1. The maximum absolute atomic E-state index is 5.49. The van der Waals surface area contributed by atoms with Gasteiger partial charge in [-0.15, -0.1) is 0 Å². The Labute approximate surface area is 215 Å². The number of anilines is 4. The summed E-state index contributed by atoms with van der Waals surface area (Å²) in [5.41, 5.74) is 4.83. The summed E-state index contributed by atoms with van der Waals surface area (Å²) >= 11 is 1.67. The zero-order chi connectivity index (χ0) is 24.5. The van der Waals surface area contributed by atoms with Gasteiger partial charge in [0, 0.05) is 35.9 Å². The Kier molecular flexibility index (Phi) is 6.47. The number of aryl methyl sites for hydroxylation is 1. The van der Waals surface area contributed by atoms with Gasteiger partial charge in [0.15, 0.2) is 17.0 Å². The van der Waals surface area contributed by atoms with E-state index in [-0.39, 0.29) is 0 Å². The summed E-state index contributed by atoms with van der Waals surface area (Å²) in [7, 11) is 2.17. The summed E-state index contributed by atoms with van der Waals surface area (Å²) in [5, 5.41) is 11.3. The third-order valence-corrected chi connectivity index (χ3v) is 7.67. The highest BCUT2D eigenvalue weighted by Gasteiger charge is 2.21. The molecule has 5 heterocycles. The predicted molar refractivity (Wildman–Crippen MR) is 146 cm³/mol. The van der Waals surface area contributed by atoms with Gasteiger partial charge >= 0.3 is 0 Å². The molecule has 6 rings (SSSR count). The van der Waals surface area contributed by atoms with Gasteiger partial charge in [0.1, 0.15) is 5.82 Å². The van der Waals surface area contributed by atoms with Gasteiger partial charge < -0.3 is 25.2 Å². The van der Waals surface area contributed by atoms with E-state index in [0.717, 1.165) is 80.6 Å². The molecule has 10 heteroatoms. The molecule has 4 aromatic rings. The van der Waals surface area contributed by atoms with Crippen LogP contribution in [0.3, 0.4) is 0 Å². The molecule has 2 saturated heterocycles. The number of ether oxygens (including phenoxy) is 1. The standard InChI is InChI=1S/C26H32N8OS/c1-18-27-23-24(28-19-3-5-21(6-4-19)33-12-14-35-15-13-33)30-26(29-20-7-10-32(2)11-8-20)31-25(23)34(18)22-9-16-36-17-22/h3-6,9,16-17,20H,7-8,10-15H2,1-2H3,(H2,28,29,30,31). The third kappa shape index (κ3) is 4.76. The Morgan fingerprint density at radius 2 is 1.72 bits per heavy atom. The van der Waals surface area contributed by atoms with Crippen molar-refractivity contribution in [2.24, 2.45) is 0 Å². The Morgan fingerprint density at radius 3 is 2.44 bits per heavy atom. The van der Waals surface area contributed by atoms with E-state index >= 15 is 0 Å². The fourth-order valence-electron chi connectivity index (χ4n) is 4.96. The van der Waals surface area contributed by atoms with Crippen molar-refractivity contribution in [3.8, 4) is 5.69 Å². The Balaban J connectivity index is 1.34. The second kappa shape index (κ2) is 10.0. The van der Waals surface area contributed by atoms with Crippen LogP contribution in [0.1, 0.15) is 18.7 Å². The Morgan fingerprint density at radius 1 is 0.944 bits per heavy atom. The summed E-state index contributed by atoms with van der Waals surface area (Å²) in [6, 6.07) is 11.0. The van der Waals surface area contributed by atoms with E-state index in [1.165, 1.54) is 5.69 Å². The van der Waals surface area contributed by atoms with E-state index in [1.807, 2.05) is 6.92 Å². The molecule has 3 aromatic heterocycles. The monoisotopic (exact) mass is 504 g/mol. The number of hydrogen-bond donors (Lipinski definition) is 2. The first kappa shape index (κ1) is 23.2. The lowest BCUT2D eigenvalue weighted by molar-refractivity contribution is 0.122. The van der Waals surface area contributed by atoms with Crippen molar-refractivity contribution in [2.45, 2.75) is 25.8 Å². The first-order chi connectivity index (χ1) is 17.6. The predicted octanol–water partition coefficient (Wildman–Crippen LogP) is 4.27. The minimum absolute atomic E-state index is 0.359. The summed E-state index contributed by atoms with van der Waals surface area (Å²) < 4.78 is 7.60. The highest BCUT2D eigenvalue weighted by molar-refractivity contribution is 7.08. The molecule has 0 atom stereocenters. The van der Waals surface area contributed by atoms with Crippen LogP contribution < -0.4 is 15.5 Å². The van der Waals surface area contributed by atoms with Crippen LogP contribution in [-0.4, -0.2) is 76.9 Å². The maximum Gasteiger partial charge on any atom is 0.227 e. The molecule has 2 aliphatic rings. The number of thiophene rings is 1. The molecule has 1 aromatic carbocycles. The number of nitrogens with zero attached hydrogens (tertiary/aromatic N) is 6. The molecule has 0 saturated carbocycles. The number of imidazole rings is 1. The van der Waals surface area contributed by atoms with Crippen LogP contribution >= 0.6 is 11.3 Å². The van der Waals surface area contributed by atoms with E-state index in [1.54, 1.807) is 11.3 Å². The molecule has 0 amide bonds. The Bertz CT molecular complexity index is 1310. The van der Waals surface area contributed by atoms with Gasteiger partial charge in [0.05, 0.1) is 18.9 Å². The normalized spacial score (nSPS) is 17.6. The molecule has 0 unspecified atom stereocenters. The molecule has 0 aliphatic carbocycles. The van der Waals surface area contributed by atoms with Crippen LogP contribution in [0.15, 0.2) is 41.1 Å². The Hall–Kier alpha value is -3.21. The highest BCUT2D eigenvalue weighted by Crippen LogP contribution is 2.30. The highest BCUT2D eigenvalue weighted by atomic mass is 32.1. The number of morpholine rings is 1. The first-order valence-corrected chi connectivity index (χ1v) is 13.5. The number of nitrogens with one attached hydrogen (secondary N) is 2. The molecule has 188 valence electrons. The van der Waals surface area contributed by atoms with Crippen LogP contribution in [0.4, 0.5) is 23.1 Å². The molecule has 0 spiro atoms. The van der Waals surface area contributed by atoms with E-state index in [9.17, 15) is 0 Å². The third-order valence-electron chi connectivity index (χ3n) is 7.00. The van der Waals surface area contributed by atoms with Crippen LogP contribution in [-0.2, 0) is 4.74 Å². The fraction of sp³-hybridized carbons (Fsp3) is 0.423. The van der Waals surface area contributed by atoms with Crippen molar-refractivity contribution in [3.05, 3.63) is 46.9 Å². The minimum atomic E-state index is 0.359. The van der Waals surface area contributed by atoms with Gasteiger partial charge in [-0.3, -0.25) is 4.57 Å². The maximum atomic E-state index is 5.49. The van der Waals surface area contributed by atoms with Crippen molar-refractivity contribution in [3.63, 3.8) is 0 Å². The van der Waals surface area contributed by atoms with Crippen molar-refractivity contribution >= 4 is 45.6 Å². The smallest absolute Gasteiger partial charge is 0.227 e. The summed E-state index contributed by atoms with van der Waals surface area (Å²) in [5.74, 6) is 2.24. The SMILES string of the molecule is Cc1nc2c(Nc3ccc(N4CCOCC4)cc3)nc(NC3CCN(C)CC3)nc2n1-c1ccsc1. The molecule has 2 aliphatic heterocycles. The zero-order valence-corrected chi connectivity index (χ0v) is 21.6. The van der Waals surface area contributed by atoms with Crippen molar-refractivity contribution in [1.82, 2.24) is 24.4 Å². The van der Waals surface area contributed by atoms with Crippen LogP contribution in [0.25, 0.3) is 16.9 Å². The lowest BCUT2D eigenvalue weighted by Crippen LogP contribution is -2.37. The molecule has 36 heavy (non-hydrogen) atoms. The van der Waals surface area contributed by atoms with Gasteiger partial charge in [-0.05, 0) is 75.6 Å². The number of fused-ring (bicyclic) bond motifs is 1. The molecule has 2 fully saturated rings. The van der Waals surface area contributed by atoms with Gasteiger partial charge in [-0.2, -0.15) is 21.3 Å². The second-order valence-electron chi connectivity index (χ2n) is 9.54. The quantitative estimate of drug-likeness (QED) is 0.403. The molecule has 0 radical (unpaired) electrons. The van der Waals surface area contributed by atoms with Crippen molar-refractivity contribution in [2.75, 3.05) is 62.0 Å². The van der Waals surface area contributed by atoms with E-state index in [2.05, 4.69) is 73.1 Å².